The van der Waals surface area contributed by atoms with Crippen LogP contribution in [0.25, 0.3) is 10.8 Å². The maximum Gasteiger partial charge on any atom is 0.279 e. The number of anilines is 1. The zero-order valence-corrected chi connectivity index (χ0v) is 13.7. The highest BCUT2D eigenvalue weighted by Crippen LogP contribution is 2.36. The van der Waals surface area contributed by atoms with Crippen LogP contribution in [0.1, 0.15) is 15.9 Å². The Morgan fingerprint density at radius 3 is 2.84 bits per heavy atom. The first-order valence-electron chi connectivity index (χ1n) is 7.67. The third-order valence-electron chi connectivity index (χ3n) is 4.38. The maximum atomic E-state index is 12.9. The minimum atomic E-state index is -0.437. The summed E-state index contributed by atoms with van der Waals surface area (Å²) in [5, 5.41) is 13.1. The van der Waals surface area contributed by atoms with Crippen LogP contribution < -0.4 is 4.90 Å². The summed E-state index contributed by atoms with van der Waals surface area (Å²) in [7, 11) is 0. The highest BCUT2D eigenvalue weighted by atomic mass is 35.5. The molecular weight excluding hydrogens is 342 g/mol. The minimum Gasteiger partial charge on any atom is -0.306 e. The molecule has 1 aliphatic rings. The topological polar surface area (TPSA) is 76.3 Å². The molecule has 7 heteroatoms. The number of hydrogen-bond acceptors (Lipinski definition) is 4. The molecule has 0 fully saturated rings. The van der Waals surface area contributed by atoms with Gasteiger partial charge in [-0.05, 0) is 30.2 Å². The van der Waals surface area contributed by atoms with Gasteiger partial charge < -0.3 is 4.90 Å². The van der Waals surface area contributed by atoms with Crippen molar-refractivity contribution in [3.63, 3.8) is 0 Å². The highest BCUT2D eigenvalue weighted by molar-refractivity contribution is 6.30. The molecule has 3 aromatic rings. The lowest BCUT2D eigenvalue weighted by Crippen LogP contribution is -2.37. The third-order valence-corrected chi connectivity index (χ3v) is 4.61. The van der Waals surface area contributed by atoms with Crippen molar-refractivity contribution < 1.29 is 9.72 Å². The van der Waals surface area contributed by atoms with E-state index in [-0.39, 0.29) is 11.6 Å². The van der Waals surface area contributed by atoms with E-state index in [1.165, 1.54) is 12.3 Å². The van der Waals surface area contributed by atoms with Gasteiger partial charge in [0, 0.05) is 34.8 Å². The largest absolute Gasteiger partial charge is 0.306 e. The van der Waals surface area contributed by atoms with E-state index in [9.17, 15) is 14.9 Å². The molecule has 1 aliphatic heterocycles. The molecule has 6 nitrogen and oxygen atoms in total. The van der Waals surface area contributed by atoms with Gasteiger partial charge in [-0.2, -0.15) is 0 Å². The monoisotopic (exact) mass is 353 g/mol. The van der Waals surface area contributed by atoms with Crippen LogP contribution in [0.3, 0.4) is 0 Å². The van der Waals surface area contributed by atoms with E-state index in [1.807, 2.05) is 0 Å². The van der Waals surface area contributed by atoms with Gasteiger partial charge in [0.2, 0.25) is 0 Å². The minimum absolute atomic E-state index is 0.0374. The van der Waals surface area contributed by atoms with Crippen molar-refractivity contribution in [2.75, 3.05) is 11.4 Å². The normalized spacial score (nSPS) is 13.8. The van der Waals surface area contributed by atoms with E-state index in [2.05, 4.69) is 4.98 Å². The summed E-state index contributed by atoms with van der Waals surface area (Å²) in [5.41, 5.74) is 1.86. The average Bonchev–Trinajstić information content (AvgIpc) is 2.61. The van der Waals surface area contributed by atoms with Crippen LogP contribution in [-0.4, -0.2) is 22.4 Å². The number of rotatable bonds is 2. The number of halogens is 1. The van der Waals surface area contributed by atoms with Crippen molar-refractivity contribution in [1.82, 2.24) is 4.98 Å². The van der Waals surface area contributed by atoms with Crippen molar-refractivity contribution in [2.24, 2.45) is 0 Å². The third kappa shape index (κ3) is 2.51. The second-order valence-corrected chi connectivity index (χ2v) is 6.24. The molecule has 4 rings (SSSR count). The average molecular weight is 354 g/mol. The van der Waals surface area contributed by atoms with Crippen molar-refractivity contribution in [1.29, 1.82) is 0 Å². The molecule has 0 bridgehead atoms. The number of pyridine rings is 1. The fraction of sp³-hybridized carbons (Fsp3) is 0.111. The molecule has 0 N–H and O–H groups in total. The van der Waals surface area contributed by atoms with Crippen LogP contribution in [-0.2, 0) is 6.42 Å². The van der Waals surface area contributed by atoms with E-state index in [0.29, 0.717) is 40.0 Å². The van der Waals surface area contributed by atoms with Gasteiger partial charge >= 0.3 is 0 Å². The smallest absolute Gasteiger partial charge is 0.279 e. The van der Waals surface area contributed by atoms with Crippen LogP contribution in [0.5, 0.6) is 0 Å². The first kappa shape index (κ1) is 15.5. The molecule has 0 aliphatic carbocycles. The summed E-state index contributed by atoms with van der Waals surface area (Å²) < 4.78 is 0. The number of amides is 1. The Balaban J connectivity index is 1.90. The fourth-order valence-electron chi connectivity index (χ4n) is 3.24. The molecule has 0 unspecified atom stereocenters. The summed E-state index contributed by atoms with van der Waals surface area (Å²) in [6.45, 7) is 0.416. The van der Waals surface area contributed by atoms with Gasteiger partial charge in [-0.3, -0.25) is 19.9 Å². The summed E-state index contributed by atoms with van der Waals surface area (Å²) >= 11 is 6.00. The number of benzene rings is 2. The second-order valence-electron chi connectivity index (χ2n) is 5.80. The maximum absolute atomic E-state index is 12.9. The number of non-ortho nitro benzene ring substituents is 1. The molecule has 25 heavy (non-hydrogen) atoms. The van der Waals surface area contributed by atoms with Crippen LogP contribution in [0, 0.1) is 10.1 Å². The number of carbonyl (C=O) groups is 1. The molecule has 0 saturated carbocycles. The zero-order valence-electron chi connectivity index (χ0n) is 13.0. The molecule has 2 aromatic carbocycles. The quantitative estimate of drug-likeness (QED) is 0.515. The second kappa shape index (κ2) is 5.82. The predicted molar refractivity (Wildman–Crippen MR) is 95.2 cm³/mol. The Labute approximate surface area is 147 Å². The lowest BCUT2D eigenvalue weighted by atomic mass is 9.98. The number of nitro benzene ring substituents is 1. The molecule has 2 heterocycles. The van der Waals surface area contributed by atoms with E-state index in [1.54, 1.807) is 41.4 Å². The summed E-state index contributed by atoms with van der Waals surface area (Å²) in [6.07, 6.45) is 3.70. The van der Waals surface area contributed by atoms with Crippen LogP contribution in [0.15, 0.2) is 48.8 Å². The molecule has 0 saturated heterocycles. The molecule has 0 radical (unpaired) electrons. The van der Waals surface area contributed by atoms with Gasteiger partial charge in [0.05, 0.1) is 22.2 Å². The van der Waals surface area contributed by atoms with Gasteiger partial charge in [0.15, 0.2) is 0 Å². The first-order valence-corrected chi connectivity index (χ1v) is 8.05. The van der Waals surface area contributed by atoms with E-state index in [4.69, 9.17) is 11.6 Å². The van der Waals surface area contributed by atoms with Crippen molar-refractivity contribution in [3.8, 4) is 0 Å². The van der Waals surface area contributed by atoms with Gasteiger partial charge in [0.25, 0.3) is 11.6 Å². The molecule has 0 spiro atoms. The van der Waals surface area contributed by atoms with Crippen LogP contribution in [0.4, 0.5) is 11.4 Å². The van der Waals surface area contributed by atoms with E-state index >= 15 is 0 Å². The summed E-state index contributed by atoms with van der Waals surface area (Å²) in [5.74, 6) is -0.203. The number of fused-ring (bicyclic) bond motifs is 2. The molecule has 1 aromatic heterocycles. The zero-order chi connectivity index (χ0) is 17.6. The predicted octanol–water partition coefficient (Wildman–Crippen LogP) is 4.00. The Morgan fingerprint density at radius 1 is 1.20 bits per heavy atom. The summed E-state index contributed by atoms with van der Waals surface area (Å²) in [4.78, 5) is 29.6. The first-order chi connectivity index (χ1) is 12.1. The lowest BCUT2D eigenvalue weighted by molar-refractivity contribution is -0.383. The fourth-order valence-corrected chi connectivity index (χ4v) is 3.44. The number of hydrogen-bond donors (Lipinski definition) is 0. The number of aromatic nitrogens is 1. The van der Waals surface area contributed by atoms with Crippen LogP contribution in [0.2, 0.25) is 5.02 Å². The number of nitro groups is 1. The van der Waals surface area contributed by atoms with E-state index in [0.717, 1.165) is 5.56 Å². The van der Waals surface area contributed by atoms with Gasteiger partial charge in [-0.15, -0.1) is 0 Å². The van der Waals surface area contributed by atoms with Gasteiger partial charge in [-0.1, -0.05) is 23.7 Å². The molecule has 0 atom stereocenters. The number of nitrogens with zero attached hydrogens (tertiary/aromatic N) is 3. The Bertz CT molecular complexity index is 1030. The van der Waals surface area contributed by atoms with Crippen LogP contribution >= 0.6 is 11.6 Å². The van der Waals surface area contributed by atoms with E-state index < -0.39 is 4.92 Å². The Morgan fingerprint density at radius 2 is 2.04 bits per heavy atom. The van der Waals surface area contributed by atoms with Crippen molar-refractivity contribution in [3.05, 3.63) is 75.1 Å². The Kier molecular flexibility index (Phi) is 3.62. The SMILES string of the molecule is O=C1c2ccc(Cl)cc2CCN1c1cncc2cccc([N+](=O)[O-])c12. The highest BCUT2D eigenvalue weighted by Gasteiger charge is 2.29. The molecular formula is C18H12ClN3O3. The molecule has 1 amide bonds. The number of carbonyl (C=O) groups excluding carboxylic acids is 1. The van der Waals surface area contributed by atoms with Crippen molar-refractivity contribution in [2.45, 2.75) is 6.42 Å². The Hall–Kier alpha value is -2.99. The molecule has 124 valence electrons. The standard InChI is InChI=1S/C18H12ClN3O3/c19-13-4-5-14-11(8-13)6-7-21(18(14)23)16-10-20-9-12-2-1-3-15(17(12)16)22(24)25/h1-5,8-10H,6-7H2. The lowest BCUT2D eigenvalue weighted by Gasteiger charge is -2.29. The van der Waals surface area contributed by atoms with Crippen molar-refractivity contribution >= 4 is 39.7 Å². The summed E-state index contributed by atoms with van der Waals surface area (Å²) in [6, 6.07) is 9.96. The van der Waals surface area contributed by atoms with Gasteiger partial charge in [-0.25, -0.2) is 0 Å². The van der Waals surface area contributed by atoms with Gasteiger partial charge in [0.1, 0.15) is 0 Å².